The van der Waals surface area contributed by atoms with E-state index < -0.39 is 0 Å². The Morgan fingerprint density at radius 1 is 1.04 bits per heavy atom. The van der Waals surface area contributed by atoms with E-state index in [4.69, 9.17) is 9.72 Å². The molecule has 5 rings (SSSR count). The van der Waals surface area contributed by atoms with E-state index in [-0.39, 0.29) is 6.10 Å². The van der Waals surface area contributed by atoms with Gasteiger partial charge in [0.05, 0.1) is 23.9 Å². The van der Waals surface area contributed by atoms with E-state index in [2.05, 4.69) is 59.5 Å². The second kappa shape index (κ2) is 6.16. The molecule has 0 saturated heterocycles. The minimum absolute atomic E-state index is 0.205. The molecule has 3 nitrogen and oxygen atoms in total. The molecule has 0 spiro atoms. The largest absolute Gasteiger partial charge is 0.372 e. The highest BCUT2D eigenvalue weighted by Crippen LogP contribution is 2.44. The number of anilines is 1. The Hall–Kier alpha value is -2.39. The third-order valence-corrected chi connectivity index (χ3v) is 5.40. The Bertz CT molecular complexity index is 907. The van der Waals surface area contributed by atoms with Crippen molar-refractivity contribution in [3.63, 3.8) is 0 Å². The summed E-state index contributed by atoms with van der Waals surface area (Å²) in [5.41, 5.74) is 6.39. The highest BCUT2D eigenvalue weighted by molar-refractivity contribution is 5.94. The number of aryl methyl sites for hydroxylation is 1. The summed E-state index contributed by atoms with van der Waals surface area (Å²) in [5.74, 6) is 0. The molecule has 0 N–H and O–H groups in total. The molecule has 1 aliphatic heterocycles. The van der Waals surface area contributed by atoms with Gasteiger partial charge in [0.25, 0.3) is 0 Å². The fourth-order valence-electron chi connectivity index (χ4n) is 4.27. The van der Waals surface area contributed by atoms with Gasteiger partial charge in [0.1, 0.15) is 0 Å². The number of hydrogen-bond donors (Lipinski definition) is 0. The number of fused-ring (bicyclic) bond motifs is 2. The first-order chi connectivity index (χ1) is 12.4. The van der Waals surface area contributed by atoms with Crippen LogP contribution >= 0.6 is 0 Å². The van der Waals surface area contributed by atoms with E-state index in [1.807, 2.05) is 0 Å². The minimum atomic E-state index is 0.205. The summed E-state index contributed by atoms with van der Waals surface area (Å²) in [5, 5.41) is 1.26. The molecule has 126 valence electrons. The van der Waals surface area contributed by atoms with Crippen molar-refractivity contribution < 1.29 is 4.74 Å². The summed E-state index contributed by atoms with van der Waals surface area (Å²) >= 11 is 0. The molecular weight excluding hydrogens is 308 g/mol. The molecule has 3 heteroatoms. The lowest BCUT2D eigenvalue weighted by atomic mass is 9.90. The molecule has 1 unspecified atom stereocenters. The summed E-state index contributed by atoms with van der Waals surface area (Å²) in [6.07, 6.45) is 3.55. The average molecular weight is 330 g/mol. The van der Waals surface area contributed by atoms with Gasteiger partial charge in [-0.05, 0) is 30.9 Å². The van der Waals surface area contributed by atoms with Gasteiger partial charge in [-0.3, -0.25) is 4.98 Å². The Balaban J connectivity index is 1.71. The van der Waals surface area contributed by atoms with Crippen LogP contribution in [0.4, 0.5) is 5.69 Å². The number of para-hydroxylation sites is 1. The van der Waals surface area contributed by atoms with Crippen molar-refractivity contribution in [2.75, 3.05) is 18.1 Å². The predicted molar refractivity (Wildman–Crippen MR) is 101 cm³/mol. The predicted octanol–water partition coefficient (Wildman–Crippen LogP) is 4.65. The molecule has 0 fully saturated rings. The van der Waals surface area contributed by atoms with Crippen LogP contribution in [0.2, 0.25) is 0 Å². The lowest BCUT2D eigenvalue weighted by Crippen LogP contribution is -2.26. The normalized spacial score (nSPS) is 19.5. The Kier molecular flexibility index (Phi) is 3.67. The SMILES string of the molecule is c1ccc(CN2CCOC3CCCc4nc5ccccc5c2c43)cc1. The number of pyridine rings is 1. The van der Waals surface area contributed by atoms with Gasteiger partial charge in [-0.15, -0.1) is 0 Å². The average Bonchev–Trinajstić information content (AvgIpc) is 2.84. The van der Waals surface area contributed by atoms with Crippen molar-refractivity contribution in [2.45, 2.75) is 31.9 Å². The summed E-state index contributed by atoms with van der Waals surface area (Å²) in [7, 11) is 0. The molecule has 0 bridgehead atoms. The topological polar surface area (TPSA) is 25.4 Å². The van der Waals surface area contributed by atoms with Crippen molar-refractivity contribution in [3.8, 4) is 0 Å². The van der Waals surface area contributed by atoms with E-state index in [9.17, 15) is 0 Å². The lowest BCUT2D eigenvalue weighted by molar-refractivity contribution is 0.0498. The van der Waals surface area contributed by atoms with Crippen LogP contribution in [0.1, 0.15) is 35.8 Å². The number of ether oxygens (including phenoxy) is 1. The van der Waals surface area contributed by atoms with E-state index in [1.54, 1.807) is 0 Å². The lowest BCUT2D eigenvalue weighted by Gasteiger charge is -2.30. The van der Waals surface area contributed by atoms with Crippen LogP contribution in [-0.2, 0) is 17.7 Å². The van der Waals surface area contributed by atoms with Crippen molar-refractivity contribution >= 4 is 16.6 Å². The van der Waals surface area contributed by atoms with Crippen LogP contribution in [-0.4, -0.2) is 18.1 Å². The first-order valence-corrected chi connectivity index (χ1v) is 9.22. The maximum Gasteiger partial charge on any atom is 0.0864 e. The van der Waals surface area contributed by atoms with E-state index >= 15 is 0 Å². The van der Waals surface area contributed by atoms with Crippen molar-refractivity contribution in [1.82, 2.24) is 4.98 Å². The number of rotatable bonds is 2. The van der Waals surface area contributed by atoms with Crippen LogP contribution < -0.4 is 4.90 Å². The summed E-state index contributed by atoms with van der Waals surface area (Å²) < 4.78 is 6.25. The maximum absolute atomic E-state index is 6.25. The molecular formula is C22H22N2O. The van der Waals surface area contributed by atoms with Gasteiger partial charge in [-0.1, -0.05) is 48.5 Å². The number of aromatic nitrogens is 1. The van der Waals surface area contributed by atoms with Gasteiger partial charge in [-0.2, -0.15) is 0 Å². The van der Waals surface area contributed by atoms with Gasteiger partial charge >= 0.3 is 0 Å². The van der Waals surface area contributed by atoms with E-state index in [0.29, 0.717) is 0 Å². The summed E-state index contributed by atoms with van der Waals surface area (Å²) in [6.45, 7) is 2.61. The molecule has 25 heavy (non-hydrogen) atoms. The summed E-state index contributed by atoms with van der Waals surface area (Å²) in [6, 6.07) is 19.3. The summed E-state index contributed by atoms with van der Waals surface area (Å²) in [4.78, 5) is 7.49. The monoisotopic (exact) mass is 330 g/mol. The van der Waals surface area contributed by atoms with Crippen LogP contribution in [0.15, 0.2) is 54.6 Å². The van der Waals surface area contributed by atoms with Crippen LogP contribution in [0, 0.1) is 0 Å². The van der Waals surface area contributed by atoms with Crippen molar-refractivity contribution in [1.29, 1.82) is 0 Å². The molecule has 2 aromatic carbocycles. The molecule has 1 aliphatic carbocycles. The first-order valence-electron chi connectivity index (χ1n) is 9.22. The van der Waals surface area contributed by atoms with Crippen molar-refractivity contribution in [2.24, 2.45) is 0 Å². The molecule has 3 aromatic rings. The molecule has 0 amide bonds. The molecule has 2 heterocycles. The second-order valence-electron chi connectivity index (χ2n) is 7.00. The van der Waals surface area contributed by atoms with Crippen LogP contribution in [0.5, 0.6) is 0 Å². The number of hydrogen-bond acceptors (Lipinski definition) is 3. The number of benzene rings is 2. The minimum Gasteiger partial charge on any atom is -0.372 e. The molecule has 0 saturated carbocycles. The van der Waals surface area contributed by atoms with Crippen LogP contribution in [0.25, 0.3) is 10.9 Å². The quantitative estimate of drug-likeness (QED) is 0.684. The Labute approximate surface area is 148 Å². The third-order valence-electron chi connectivity index (χ3n) is 5.40. The second-order valence-corrected chi connectivity index (χ2v) is 7.00. The third kappa shape index (κ3) is 2.59. The fraction of sp³-hybridized carbons (Fsp3) is 0.318. The van der Waals surface area contributed by atoms with Gasteiger partial charge in [0.2, 0.25) is 0 Å². The first kappa shape index (κ1) is 14.9. The van der Waals surface area contributed by atoms with Crippen molar-refractivity contribution in [3.05, 3.63) is 71.4 Å². The van der Waals surface area contributed by atoms with Gasteiger partial charge in [0.15, 0.2) is 0 Å². The van der Waals surface area contributed by atoms with Gasteiger partial charge in [-0.25, -0.2) is 0 Å². The molecule has 0 radical (unpaired) electrons. The standard InChI is InChI=1S/C22H22N2O/c1-2-7-16(8-3-1)15-24-13-14-25-20-12-6-11-19-21(20)22(24)17-9-4-5-10-18(17)23-19/h1-5,7-10,20H,6,11-15H2. The van der Waals surface area contributed by atoms with E-state index in [1.165, 1.54) is 34.3 Å². The Morgan fingerprint density at radius 3 is 2.80 bits per heavy atom. The molecule has 1 atom stereocenters. The van der Waals surface area contributed by atoms with Crippen LogP contribution in [0.3, 0.4) is 0 Å². The highest BCUT2D eigenvalue weighted by Gasteiger charge is 2.31. The number of nitrogens with zero attached hydrogens (tertiary/aromatic N) is 2. The fourth-order valence-corrected chi connectivity index (χ4v) is 4.27. The zero-order chi connectivity index (χ0) is 16.6. The molecule has 2 aliphatic rings. The Morgan fingerprint density at radius 2 is 1.88 bits per heavy atom. The zero-order valence-electron chi connectivity index (χ0n) is 14.3. The van der Waals surface area contributed by atoms with E-state index in [0.717, 1.165) is 38.1 Å². The van der Waals surface area contributed by atoms with Gasteiger partial charge < -0.3 is 9.64 Å². The zero-order valence-corrected chi connectivity index (χ0v) is 14.3. The smallest absolute Gasteiger partial charge is 0.0864 e. The highest BCUT2D eigenvalue weighted by atomic mass is 16.5. The molecule has 1 aromatic heterocycles. The maximum atomic E-state index is 6.25. The van der Waals surface area contributed by atoms with Gasteiger partial charge in [0, 0.05) is 29.7 Å².